The summed E-state index contributed by atoms with van der Waals surface area (Å²) in [5.41, 5.74) is 4.25. The fraction of sp³-hybridized carbons (Fsp3) is 0.333. The first-order chi connectivity index (χ1) is 9.90. The molecular weight excluding hydrogens is 250 g/mol. The van der Waals surface area contributed by atoms with Gasteiger partial charge in [0.1, 0.15) is 0 Å². The van der Waals surface area contributed by atoms with Crippen molar-refractivity contribution in [2.24, 2.45) is 5.92 Å². The van der Waals surface area contributed by atoms with E-state index in [0.717, 1.165) is 42.3 Å². The minimum atomic E-state index is 0.735. The van der Waals surface area contributed by atoms with Crippen molar-refractivity contribution in [3.05, 3.63) is 36.8 Å². The molecular formula is C15H17N5. The van der Waals surface area contributed by atoms with Crippen LogP contribution in [0.1, 0.15) is 6.42 Å². The molecule has 1 fully saturated rings. The molecule has 3 aromatic heterocycles. The van der Waals surface area contributed by atoms with E-state index in [1.807, 2.05) is 6.20 Å². The van der Waals surface area contributed by atoms with Gasteiger partial charge < -0.3 is 9.88 Å². The van der Waals surface area contributed by atoms with Crippen LogP contribution in [0.15, 0.2) is 36.8 Å². The summed E-state index contributed by atoms with van der Waals surface area (Å²) in [5.74, 6) is 0.735. The third kappa shape index (κ3) is 2.00. The SMILES string of the molecule is c1n[nH]cc1-c1ccc2c(ccn2CC2CCNC2)n1. The van der Waals surface area contributed by atoms with Crippen LogP contribution in [0.5, 0.6) is 0 Å². The van der Waals surface area contributed by atoms with Crippen LogP contribution in [0.25, 0.3) is 22.3 Å². The van der Waals surface area contributed by atoms with Crippen LogP contribution in [0.4, 0.5) is 0 Å². The highest BCUT2D eigenvalue weighted by Gasteiger charge is 2.16. The summed E-state index contributed by atoms with van der Waals surface area (Å²) in [5, 5.41) is 10.2. The molecule has 4 heterocycles. The van der Waals surface area contributed by atoms with Crippen molar-refractivity contribution in [2.75, 3.05) is 13.1 Å². The van der Waals surface area contributed by atoms with E-state index in [0.29, 0.717) is 0 Å². The lowest BCUT2D eigenvalue weighted by molar-refractivity contribution is 0.491. The molecule has 0 aromatic carbocycles. The Hall–Kier alpha value is -2.14. The summed E-state index contributed by atoms with van der Waals surface area (Å²) in [6.45, 7) is 3.34. The van der Waals surface area contributed by atoms with Crippen molar-refractivity contribution >= 4 is 11.0 Å². The van der Waals surface area contributed by atoms with Gasteiger partial charge in [-0.15, -0.1) is 0 Å². The normalized spacial score (nSPS) is 18.9. The summed E-state index contributed by atoms with van der Waals surface area (Å²) in [6.07, 6.45) is 7.08. The molecule has 2 N–H and O–H groups in total. The van der Waals surface area contributed by atoms with Crippen LogP contribution in [-0.4, -0.2) is 32.8 Å². The molecule has 102 valence electrons. The van der Waals surface area contributed by atoms with Gasteiger partial charge in [0.05, 0.1) is 22.9 Å². The molecule has 3 aromatic rings. The van der Waals surface area contributed by atoms with Crippen molar-refractivity contribution in [3.8, 4) is 11.3 Å². The highest BCUT2D eigenvalue weighted by atomic mass is 15.1. The number of aromatic amines is 1. The molecule has 5 heteroatoms. The molecule has 1 aliphatic heterocycles. The Morgan fingerprint density at radius 1 is 1.30 bits per heavy atom. The molecule has 4 rings (SSSR count). The van der Waals surface area contributed by atoms with Gasteiger partial charge in [-0.25, -0.2) is 4.98 Å². The summed E-state index contributed by atoms with van der Waals surface area (Å²) in [7, 11) is 0. The monoisotopic (exact) mass is 267 g/mol. The standard InChI is InChI=1S/C15H17N5/c1-2-15-14(19-13(1)12-8-17-18-9-12)4-6-20(15)10-11-3-5-16-7-11/h1-2,4,6,8-9,11,16H,3,5,7,10H2,(H,17,18). The first kappa shape index (κ1) is 11.7. The Balaban J connectivity index is 1.67. The fourth-order valence-electron chi connectivity index (χ4n) is 2.93. The number of rotatable bonds is 3. The second-order valence-corrected chi connectivity index (χ2v) is 5.41. The Labute approximate surface area is 117 Å². The zero-order valence-corrected chi connectivity index (χ0v) is 11.2. The molecule has 20 heavy (non-hydrogen) atoms. The molecule has 0 bridgehead atoms. The topological polar surface area (TPSA) is 58.5 Å². The van der Waals surface area contributed by atoms with Gasteiger partial charge in [0.15, 0.2) is 0 Å². The largest absolute Gasteiger partial charge is 0.346 e. The van der Waals surface area contributed by atoms with E-state index in [9.17, 15) is 0 Å². The average Bonchev–Trinajstić information content (AvgIpc) is 3.20. The number of aromatic nitrogens is 4. The van der Waals surface area contributed by atoms with Crippen molar-refractivity contribution in [3.63, 3.8) is 0 Å². The van der Waals surface area contributed by atoms with Crippen LogP contribution in [0, 0.1) is 5.92 Å². The van der Waals surface area contributed by atoms with Gasteiger partial charge in [0.2, 0.25) is 0 Å². The predicted molar refractivity (Wildman–Crippen MR) is 78.3 cm³/mol. The Bertz CT molecular complexity index is 707. The quantitative estimate of drug-likeness (QED) is 0.763. The molecule has 1 unspecified atom stereocenters. The Kier molecular flexibility index (Phi) is 2.77. The highest BCUT2D eigenvalue weighted by Crippen LogP contribution is 2.22. The molecule has 0 amide bonds. The zero-order valence-electron chi connectivity index (χ0n) is 11.2. The van der Waals surface area contributed by atoms with Gasteiger partial charge in [-0.3, -0.25) is 5.10 Å². The molecule has 1 saturated heterocycles. The number of pyridine rings is 1. The summed E-state index contributed by atoms with van der Waals surface area (Å²) < 4.78 is 2.32. The fourth-order valence-corrected chi connectivity index (χ4v) is 2.93. The molecule has 0 aliphatic carbocycles. The Morgan fingerprint density at radius 3 is 3.10 bits per heavy atom. The number of nitrogens with one attached hydrogen (secondary N) is 2. The maximum Gasteiger partial charge on any atom is 0.0888 e. The average molecular weight is 267 g/mol. The van der Waals surface area contributed by atoms with Crippen LogP contribution >= 0.6 is 0 Å². The number of H-pyrrole nitrogens is 1. The molecule has 1 atom stereocenters. The number of hydrogen-bond acceptors (Lipinski definition) is 3. The van der Waals surface area contributed by atoms with Gasteiger partial charge in [-0.05, 0) is 43.6 Å². The van der Waals surface area contributed by atoms with E-state index < -0.39 is 0 Å². The van der Waals surface area contributed by atoms with E-state index in [4.69, 9.17) is 4.98 Å². The van der Waals surface area contributed by atoms with Crippen LogP contribution in [-0.2, 0) is 6.54 Å². The molecule has 0 spiro atoms. The van der Waals surface area contributed by atoms with Crippen LogP contribution in [0.2, 0.25) is 0 Å². The lowest BCUT2D eigenvalue weighted by Crippen LogP contribution is -2.13. The van der Waals surface area contributed by atoms with Crippen molar-refractivity contribution in [1.29, 1.82) is 0 Å². The van der Waals surface area contributed by atoms with Gasteiger partial charge in [0, 0.05) is 24.5 Å². The maximum atomic E-state index is 4.72. The second kappa shape index (κ2) is 4.76. The summed E-state index contributed by atoms with van der Waals surface area (Å²) in [4.78, 5) is 4.72. The van der Waals surface area contributed by atoms with E-state index in [-0.39, 0.29) is 0 Å². The van der Waals surface area contributed by atoms with Crippen LogP contribution in [0.3, 0.4) is 0 Å². The van der Waals surface area contributed by atoms with Crippen molar-refractivity contribution < 1.29 is 0 Å². The van der Waals surface area contributed by atoms with E-state index in [2.05, 4.69) is 44.5 Å². The molecule has 0 saturated carbocycles. The first-order valence-electron chi connectivity index (χ1n) is 7.06. The number of nitrogens with zero attached hydrogens (tertiary/aromatic N) is 3. The van der Waals surface area contributed by atoms with E-state index in [1.165, 1.54) is 11.9 Å². The smallest absolute Gasteiger partial charge is 0.0888 e. The third-order valence-electron chi connectivity index (χ3n) is 4.04. The minimum Gasteiger partial charge on any atom is -0.346 e. The van der Waals surface area contributed by atoms with Crippen molar-refractivity contribution in [1.82, 2.24) is 25.1 Å². The van der Waals surface area contributed by atoms with Gasteiger partial charge in [-0.1, -0.05) is 0 Å². The highest BCUT2D eigenvalue weighted by molar-refractivity contribution is 5.79. The molecule has 5 nitrogen and oxygen atoms in total. The van der Waals surface area contributed by atoms with Crippen LogP contribution < -0.4 is 5.32 Å². The van der Waals surface area contributed by atoms with E-state index in [1.54, 1.807) is 6.20 Å². The van der Waals surface area contributed by atoms with Crippen molar-refractivity contribution in [2.45, 2.75) is 13.0 Å². The predicted octanol–water partition coefficient (Wildman–Crippen LogP) is 2.04. The Morgan fingerprint density at radius 2 is 2.30 bits per heavy atom. The third-order valence-corrected chi connectivity index (χ3v) is 4.04. The first-order valence-corrected chi connectivity index (χ1v) is 7.06. The zero-order chi connectivity index (χ0) is 13.4. The van der Waals surface area contributed by atoms with E-state index >= 15 is 0 Å². The summed E-state index contributed by atoms with van der Waals surface area (Å²) >= 11 is 0. The maximum absolute atomic E-state index is 4.72. The second-order valence-electron chi connectivity index (χ2n) is 5.41. The van der Waals surface area contributed by atoms with Gasteiger partial charge in [0.25, 0.3) is 0 Å². The lowest BCUT2D eigenvalue weighted by Gasteiger charge is -2.10. The number of hydrogen-bond donors (Lipinski definition) is 2. The summed E-state index contributed by atoms with van der Waals surface area (Å²) in [6, 6.07) is 6.32. The molecule has 1 aliphatic rings. The number of fused-ring (bicyclic) bond motifs is 1. The van der Waals surface area contributed by atoms with Gasteiger partial charge in [-0.2, -0.15) is 5.10 Å². The van der Waals surface area contributed by atoms with Gasteiger partial charge >= 0.3 is 0 Å². The minimum absolute atomic E-state index is 0.735. The lowest BCUT2D eigenvalue weighted by atomic mass is 10.1. The molecule has 0 radical (unpaired) electrons.